The van der Waals surface area contributed by atoms with Gasteiger partial charge in [0.2, 0.25) is 10.0 Å². The molecule has 0 unspecified atom stereocenters. The first-order valence-corrected chi connectivity index (χ1v) is 12.1. The SMILES string of the molecule is C=C1CNCCCN(Cc2ccccc2)CCCN(S(=O)(=O)c2ccc(C)cc2)C1.Cl. The molecule has 1 saturated heterocycles. The molecular weight excluding hydrogens is 430 g/mol. The van der Waals surface area contributed by atoms with Gasteiger partial charge in [-0.25, -0.2) is 8.42 Å². The van der Waals surface area contributed by atoms with E-state index in [1.165, 1.54) is 5.56 Å². The predicted octanol–water partition coefficient (Wildman–Crippen LogP) is 3.85. The molecule has 2 aromatic carbocycles. The lowest BCUT2D eigenvalue weighted by molar-refractivity contribution is 0.247. The highest BCUT2D eigenvalue weighted by atomic mass is 35.5. The topological polar surface area (TPSA) is 52.6 Å². The zero-order valence-corrected chi connectivity index (χ0v) is 19.9. The molecule has 1 aliphatic rings. The van der Waals surface area contributed by atoms with E-state index in [-0.39, 0.29) is 12.4 Å². The van der Waals surface area contributed by atoms with Crippen molar-refractivity contribution >= 4 is 22.4 Å². The zero-order chi connectivity index (χ0) is 21.4. The molecule has 0 aromatic heterocycles. The fraction of sp³-hybridized carbons (Fsp3) is 0.417. The number of rotatable bonds is 4. The largest absolute Gasteiger partial charge is 0.313 e. The maximum Gasteiger partial charge on any atom is 0.243 e. The normalized spacial score (nSPS) is 17.9. The average Bonchev–Trinajstić information content (AvgIpc) is 2.72. The smallest absolute Gasteiger partial charge is 0.243 e. The lowest BCUT2D eigenvalue weighted by Crippen LogP contribution is -2.38. The van der Waals surface area contributed by atoms with Crippen molar-refractivity contribution in [1.82, 2.24) is 14.5 Å². The van der Waals surface area contributed by atoms with Crippen molar-refractivity contribution in [3.8, 4) is 0 Å². The second-order valence-electron chi connectivity index (χ2n) is 8.05. The highest BCUT2D eigenvalue weighted by Crippen LogP contribution is 2.18. The van der Waals surface area contributed by atoms with E-state index in [1.807, 2.05) is 25.1 Å². The van der Waals surface area contributed by atoms with E-state index in [2.05, 4.69) is 41.1 Å². The molecule has 0 spiro atoms. The zero-order valence-electron chi connectivity index (χ0n) is 18.3. The molecular formula is C24H34ClN3O2S. The second-order valence-corrected chi connectivity index (χ2v) is 9.99. The van der Waals surface area contributed by atoms with Gasteiger partial charge in [-0.05, 0) is 62.7 Å². The monoisotopic (exact) mass is 463 g/mol. The standard InChI is InChI=1S/C24H33N3O2S.ClH/c1-21-10-12-24(13-11-21)30(28,29)27-17-7-16-26(20-23-8-4-3-5-9-23)15-6-14-25-18-22(2)19-27;/h3-5,8-13,25H,2,6-7,14-20H2,1H3;1H. The number of hydrogen-bond acceptors (Lipinski definition) is 4. The summed E-state index contributed by atoms with van der Waals surface area (Å²) in [6.45, 7) is 11.2. The Hall–Kier alpha value is -1.70. The minimum atomic E-state index is -3.55. The molecule has 2 aromatic rings. The van der Waals surface area contributed by atoms with Gasteiger partial charge in [-0.2, -0.15) is 4.31 Å². The van der Waals surface area contributed by atoms with Crippen LogP contribution in [0.4, 0.5) is 0 Å². The Morgan fingerprint density at radius 1 is 0.968 bits per heavy atom. The van der Waals surface area contributed by atoms with Crippen LogP contribution in [0.1, 0.15) is 24.0 Å². The van der Waals surface area contributed by atoms with Gasteiger partial charge in [0.1, 0.15) is 0 Å². The van der Waals surface area contributed by atoms with Crippen LogP contribution in [0.5, 0.6) is 0 Å². The third kappa shape index (κ3) is 7.74. The lowest BCUT2D eigenvalue weighted by atomic mass is 10.2. The van der Waals surface area contributed by atoms with Gasteiger partial charge in [0.05, 0.1) is 4.90 Å². The van der Waals surface area contributed by atoms with E-state index in [0.29, 0.717) is 24.5 Å². The summed E-state index contributed by atoms with van der Waals surface area (Å²) < 4.78 is 28.2. The number of nitrogens with one attached hydrogen (secondary N) is 1. The number of hydrogen-bond donors (Lipinski definition) is 1. The van der Waals surface area contributed by atoms with Crippen molar-refractivity contribution in [2.75, 3.05) is 39.3 Å². The molecule has 1 aliphatic heterocycles. The lowest BCUT2D eigenvalue weighted by Gasteiger charge is -2.27. The van der Waals surface area contributed by atoms with Crippen molar-refractivity contribution in [3.05, 3.63) is 77.9 Å². The fourth-order valence-electron chi connectivity index (χ4n) is 3.72. The predicted molar refractivity (Wildman–Crippen MR) is 130 cm³/mol. The van der Waals surface area contributed by atoms with Crippen molar-refractivity contribution in [2.45, 2.75) is 31.2 Å². The minimum absolute atomic E-state index is 0. The van der Waals surface area contributed by atoms with Crippen molar-refractivity contribution in [2.24, 2.45) is 0 Å². The molecule has 7 heteroatoms. The summed E-state index contributed by atoms with van der Waals surface area (Å²) in [6, 6.07) is 17.5. The number of benzene rings is 2. The molecule has 0 amide bonds. The summed E-state index contributed by atoms with van der Waals surface area (Å²) in [6.07, 6.45) is 1.85. The molecule has 0 bridgehead atoms. The molecule has 0 saturated carbocycles. The summed E-state index contributed by atoms with van der Waals surface area (Å²) in [5.41, 5.74) is 3.23. The number of nitrogens with zero attached hydrogens (tertiary/aromatic N) is 2. The fourth-order valence-corrected chi connectivity index (χ4v) is 5.22. The first-order valence-electron chi connectivity index (χ1n) is 10.7. The van der Waals surface area contributed by atoms with Crippen LogP contribution in [-0.4, -0.2) is 56.9 Å². The van der Waals surface area contributed by atoms with Crippen molar-refractivity contribution in [3.63, 3.8) is 0 Å². The quantitative estimate of drug-likeness (QED) is 0.700. The van der Waals surface area contributed by atoms with Gasteiger partial charge < -0.3 is 5.32 Å². The van der Waals surface area contributed by atoms with Crippen LogP contribution in [0, 0.1) is 6.92 Å². The van der Waals surface area contributed by atoms with Crippen LogP contribution in [0.2, 0.25) is 0 Å². The molecule has 1 heterocycles. The van der Waals surface area contributed by atoms with Crippen LogP contribution in [0.15, 0.2) is 71.6 Å². The van der Waals surface area contributed by atoms with Crippen LogP contribution >= 0.6 is 12.4 Å². The maximum absolute atomic E-state index is 13.3. The van der Waals surface area contributed by atoms with E-state index in [4.69, 9.17) is 0 Å². The number of sulfonamides is 1. The highest BCUT2D eigenvalue weighted by Gasteiger charge is 2.25. The van der Waals surface area contributed by atoms with Crippen LogP contribution in [0.3, 0.4) is 0 Å². The Balaban J connectivity index is 0.00000341. The summed E-state index contributed by atoms with van der Waals surface area (Å²) >= 11 is 0. The third-order valence-electron chi connectivity index (χ3n) is 5.39. The Bertz CT molecular complexity index is 918. The molecule has 0 aliphatic carbocycles. The molecule has 1 fully saturated rings. The Morgan fingerprint density at radius 2 is 1.65 bits per heavy atom. The summed E-state index contributed by atoms with van der Waals surface area (Å²) in [7, 11) is -3.55. The van der Waals surface area contributed by atoms with Crippen LogP contribution in [0.25, 0.3) is 0 Å². The van der Waals surface area contributed by atoms with Gasteiger partial charge in [-0.3, -0.25) is 4.90 Å². The third-order valence-corrected chi connectivity index (χ3v) is 7.25. The molecule has 170 valence electrons. The van der Waals surface area contributed by atoms with Gasteiger partial charge >= 0.3 is 0 Å². The van der Waals surface area contributed by atoms with Gasteiger partial charge in [-0.15, -0.1) is 12.4 Å². The molecule has 0 radical (unpaired) electrons. The van der Waals surface area contributed by atoms with E-state index < -0.39 is 10.0 Å². The van der Waals surface area contributed by atoms with E-state index in [0.717, 1.165) is 50.2 Å². The number of halogens is 1. The van der Waals surface area contributed by atoms with Crippen molar-refractivity contribution in [1.29, 1.82) is 0 Å². The maximum atomic E-state index is 13.3. The first-order chi connectivity index (χ1) is 14.4. The molecule has 0 atom stereocenters. The summed E-state index contributed by atoms with van der Waals surface area (Å²) in [4.78, 5) is 2.77. The van der Waals surface area contributed by atoms with Crippen molar-refractivity contribution < 1.29 is 8.42 Å². The average molecular weight is 464 g/mol. The Kier molecular flexibility index (Phi) is 10.2. The second kappa shape index (κ2) is 12.4. The van der Waals surface area contributed by atoms with E-state index in [1.54, 1.807) is 16.4 Å². The Morgan fingerprint density at radius 3 is 2.35 bits per heavy atom. The highest BCUT2D eigenvalue weighted by molar-refractivity contribution is 7.89. The van der Waals surface area contributed by atoms with E-state index in [9.17, 15) is 8.42 Å². The number of aryl methyl sites for hydroxylation is 1. The van der Waals surface area contributed by atoms with Gasteiger partial charge in [0, 0.05) is 26.2 Å². The molecule has 1 N–H and O–H groups in total. The van der Waals surface area contributed by atoms with Crippen LogP contribution in [-0.2, 0) is 16.6 Å². The molecule has 31 heavy (non-hydrogen) atoms. The van der Waals surface area contributed by atoms with Crippen LogP contribution < -0.4 is 5.32 Å². The first kappa shape index (κ1) is 25.6. The summed E-state index contributed by atoms with van der Waals surface area (Å²) in [5.74, 6) is 0. The van der Waals surface area contributed by atoms with Gasteiger partial charge in [0.15, 0.2) is 0 Å². The van der Waals surface area contributed by atoms with Gasteiger partial charge in [0.25, 0.3) is 0 Å². The molecule has 5 nitrogen and oxygen atoms in total. The minimum Gasteiger partial charge on any atom is -0.313 e. The van der Waals surface area contributed by atoms with E-state index >= 15 is 0 Å². The summed E-state index contributed by atoms with van der Waals surface area (Å²) in [5, 5.41) is 3.41. The van der Waals surface area contributed by atoms with Gasteiger partial charge in [-0.1, -0.05) is 54.6 Å². The molecule has 3 rings (SSSR count). The Labute approximate surface area is 193 Å².